The molecular weight excluding hydrogens is 276 g/mol. The minimum Gasteiger partial charge on any atom is -0.344 e. The van der Waals surface area contributed by atoms with Gasteiger partial charge in [-0.25, -0.2) is 4.98 Å². The largest absolute Gasteiger partial charge is 0.344 e. The molecular formula is C17H22N4O. The number of rotatable bonds is 3. The third-order valence-electron chi connectivity index (χ3n) is 5.12. The molecule has 3 atom stereocenters. The molecule has 116 valence electrons. The van der Waals surface area contributed by atoms with Crippen molar-refractivity contribution < 1.29 is 4.79 Å². The lowest BCUT2D eigenvalue weighted by Gasteiger charge is -2.25. The molecule has 2 fully saturated rings. The Morgan fingerprint density at radius 2 is 2.09 bits per heavy atom. The predicted octanol–water partition coefficient (Wildman–Crippen LogP) is 1.46. The summed E-state index contributed by atoms with van der Waals surface area (Å²) in [5.74, 6) is 2.32. The van der Waals surface area contributed by atoms with Gasteiger partial charge in [-0.3, -0.25) is 4.79 Å². The second kappa shape index (κ2) is 4.56. The van der Waals surface area contributed by atoms with Crippen LogP contribution in [0.25, 0.3) is 5.52 Å². The molecule has 1 saturated carbocycles. The molecule has 5 heteroatoms. The van der Waals surface area contributed by atoms with Gasteiger partial charge in [-0.15, -0.1) is 0 Å². The van der Waals surface area contributed by atoms with Gasteiger partial charge in [0, 0.05) is 12.1 Å². The zero-order valence-electron chi connectivity index (χ0n) is 13.3. The Bertz CT molecular complexity index is 738. The first kappa shape index (κ1) is 13.8. The minimum absolute atomic E-state index is 0.173. The van der Waals surface area contributed by atoms with Crippen molar-refractivity contribution in [1.82, 2.24) is 20.0 Å². The van der Waals surface area contributed by atoms with Gasteiger partial charge in [0.05, 0.1) is 16.7 Å². The number of piperidine rings is 1. The molecule has 2 aliphatic rings. The number of fused-ring (bicyclic) bond motifs is 2. The summed E-state index contributed by atoms with van der Waals surface area (Å²) < 4.78 is 2.07. The summed E-state index contributed by atoms with van der Waals surface area (Å²) in [4.78, 5) is 17.3. The zero-order chi connectivity index (χ0) is 15.5. The molecule has 1 saturated heterocycles. The van der Waals surface area contributed by atoms with E-state index in [0.29, 0.717) is 11.8 Å². The highest BCUT2D eigenvalue weighted by atomic mass is 16.2. The number of imidazole rings is 1. The van der Waals surface area contributed by atoms with Crippen molar-refractivity contribution in [2.45, 2.75) is 26.3 Å². The molecule has 1 aliphatic carbocycles. The van der Waals surface area contributed by atoms with Crippen molar-refractivity contribution in [3.05, 3.63) is 35.9 Å². The van der Waals surface area contributed by atoms with Gasteiger partial charge in [0.25, 0.3) is 0 Å². The minimum atomic E-state index is -0.486. The Morgan fingerprint density at radius 3 is 2.82 bits per heavy atom. The van der Waals surface area contributed by atoms with E-state index >= 15 is 0 Å². The Morgan fingerprint density at radius 1 is 1.36 bits per heavy atom. The smallest absolute Gasteiger partial charge is 0.224 e. The molecule has 2 N–H and O–H groups in total. The maximum absolute atomic E-state index is 12.6. The van der Waals surface area contributed by atoms with Gasteiger partial charge in [0.2, 0.25) is 5.91 Å². The first-order valence-electron chi connectivity index (χ1n) is 7.96. The van der Waals surface area contributed by atoms with Gasteiger partial charge in [-0.2, -0.15) is 0 Å². The Kier molecular flexibility index (Phi) is 2.85. The van der Waals surface area contributed by atoms with E-state index in [1.54, 1.807) is 0 Å². The molecule has 1 aliphatic heterocycles. The SMILES string of the molecule is Cc1nc(C(C)(C)NC(=O)[C@H]2[C@@H]3CNC[C@@H]32)n2ccccc12. The van der Waals surface area contributed by atoms with Crippen LogP contribution in [0, 0.1) is 24.7 Å². The van der Waals surface area contributed by atoms with Crippen LogP contribution in [-0.4, -0.2) is 28.4 Å². The normalized spacial score (nSPS) is 27.0. The highest BCUT2D eigenvalue weighted by Crippen LogP contribution is 2.49. The summed E-state index contributed by atoms with van der Waals surface area (Å²) in [7, 11) is 0. The monoisotopic (exact) mass is 298 g/mol. The molecule has 2 aromatic heterocycles. The number of aromatic nitrogens is 2. The average Bonchev–Trinajstić information content (AvgIpc) is 2.82. The number of carbonyl (C=O) groups excluding carboxylic acids is 1. The molecule has 0 bridgehead atoms. The second-order valence-corrected chi connectivity index (χ2v) is 7.10. The molecule has 4 rings (SSSR count). The third kappa shape index (κ3) is 1.96. The third-order valence-corrected chi connectivity index (χ3v) is 5.12. The molecule has 2 aromatic rings. The lowest BCUT2D eigenvalue weighted by Crippen LogP contribution is -2.44. The van der Waals surface area contributed by atoms with Crippen LogP contribution < -0.4 is 10.6 Å². The van der Waals surface area contributed by atoms with Crippen LogP contribution in [0.1, 0.15) is 25.4 Å². The van der Waals surface area contributed by atoms with E-state index in [1.165, 1.54) is 0 Å². The van der Waals surface area contributed by atoms with Crippen molar-refractivity contribution in [3.63, 3.8) is 0 Å². The molecule has 0 spiro atoms. The highest BCUT2D eigenvalue weighted by Gasteiger charge is 2.57. The number of nitrogens with one attached hydrogen (secondary N) is 2. The van der Waals surface area contributed by atoms with Crippen molar-refractivity contribution in [2.24, 2.45) is 17.8 Å². The number of amides is 1. The number of pyridine rings is 1. The van der Waals surface area contributed by atoms with Crippen molar-refractivity contribution in [2.75, 3.05) is 13.1 Å². The van der Waals surface area contributed by atoms with E-state index in [2.05, 4.69) is 21.1 Å². The molecule has 0 radical (unpaired) electrons. The number of carbonyl (C=O) groups is 1. The summed E-state index contributed by atoms with van der Waals surface area (Å²) in [5, 5.41) is 6.55. The van der Waals surface area contributed by atoms with E-state index in [1.807, 2.05) is 39.1 Å². The molecule has 22 heavy (non-hydrogen) atoms. The Labute approximate surface area is 130 Å². The van der Waals surface area contributed by atoms with Gasteiger partial charge in [0.15, 0.2) is 0 Å². The van der Waals surface area contributed by atoms with Crippen LogP contribution in [0.2, 0.25) is 0 Å². The van der Waals surface area contributed by atoms with Crippen LogP contribution in [-0.2, 0) is 10.3 Å². The Hall–Kier alpha value is -1.88. The topological polar surface area (TPSA) is 58.4 Å². The number of hydrogen-bond acceptors (Lipinski definition) is 3. The zero-order valence-corrected chi connectivity index (χ0v) is 13.3. The standard InChI is InChI=1S/C17H22N4O/c1-10-13-6-4-5-7-21(13)16(19-10)17(2,3)20-15(22)14-11-8-18-9-12(11)14/h4-7,11-12,14,18H,8-9H2,1-3H3,(H,20,22)/t11-,12+,14+. The van der Waals surface area contributed by atoms with E-state index in [4.69, 9.17) is 4.98 Å². The number of nitrogens with zero attached hydrogens (tertiary/aromatic N) is 2. The fraction of sp³-hybridized carbons (Fsp3) is 0.529. The summed E-state index contributed by atoms with van der Waals surface area (Å²) in [6.07, 6.45) is 2.01. The maximum atomic E-state index is 12.6. The maximum Gasteiger partial charge on any atom is 0.224 e. The lowest BCUT2D eigenvalue weighted by molar-refractivity contribution is -0.124. The highest BCUT2D eigenvalue weighted by molar-refractivity contribution is 5.83. The first-order chi connectivity index (χ1) is 10.5. The molecule has 1 amide bonds. The fourth-order valence-electron chi connectivity index (χ4n) is 3.89. The summed E-state index contributed by atoms with van der Waals surface area (Å²) in [6.45, 7) is 8.03. The molecule has 0 aromatic carbocycles. The summed E-state index contributed by atoms with van der Waals surface area (Å²) >= 11 is 0. The fourth-order valence-corrected chi connectivity index (χ4v) is 3.89. The van der Waals surface area contributed by atoms with Crippen LogP contribution in [0.3, 0.4) is 0 Å². The summed E-state index contributed by atoms with van der Waals surface area (Å²) in [6, 6.07) is 6.06. The quantitative estimate of drug-likeness (QED) is 0.902. The van der Waals surface area contributed by atoms with Gasteiger partial charge in [-0.1, -0.05) is 6.07 Å². The van der Waals surface area contributed by atoms with Gasteiger partial charge in [0.1, 0.15) is 5.82 Å². The van der Waals surface area contributed by atoms with Crippen molar-refractivity contribution >= 4 is 11.4 Å². The van der Waals surface area contributed by atoms with Gasteiger partial charge >= 0.3 is 0 Å². The predicted molar refractivity (Wildman–Crippen MR) is 84.4 cm³/mol. The second-order valence-electron chi connectivity index (χ2n) is 7.10. The first-order valence-corrected chi connectivity index (χ1v) is 7.96. The Balaban J connectivity index is 1.61. The van der Waals surface area contributed by atoms with Gasteiger partial charge < -0.3 is 15.0 Å². The molecule has 0 unspecified atom stereocenters. The van der Waals surface area contributed by atoms with Crippen LogP contribution in [0.5, 0.6) is 0 Å². The van der Waals surface area contributed by atoms with Crippen LogP contribution in [0.4, 0.5) is 0 Å². The van der Waals surface area contributed by atoms with E-state index < -0.39 is 5.54 Å². The lowest BCUT2D eigenvalue weighted by atomic mass is 10.0. The van der Waals surface area contributed by atoms with Crippen LogP contribution >= 0.6 is 0 Å². The van der Waals surface area contributed by atoms with E-state index in [0.717, 1.165) is 30.1 Å². The van der Waals surface area contributed by atoms with E-state index in [9.17, 15) is 4.79 Å². The molecule has 3 heterocycles. The number of hydrogen-bond donors (Lipinski definition) is 2. The number of aryl methyl sites for hydroxylation is 1. The van der Waals surface area contributed by atoms with Gasteiger partial charge in [-0.05, 0) is 57.8 Å². The van der Waals surface area contributed by atoms with Crippen molar-refractivity contribution in [3.8, 4) is 0 Å². The van der Waals surface area contributed by atoms with Crippen LogP contribution in [0.15, 0.2) is 24.4 Å². The summed E-state index contributed by atoms with van der Waals surface area (Å²) in [5.41, 5.74) is 1.60. The van der Waals surface area contributed by atoms with Crippen molar-refractivity contribution in [1.29, 1.82) is 0 Å². The average molecular weight is 298 g/mol. The van der Waals surface area contributed by atoms with E-state index in [-0.39, 0.29) is 11.8 Å². The molecule has 5 nitrogen and oxygen atoms in total.